The molecule has 1 aliphatic heterocycles. The van der Waals surface area contributed by atoms with Crippen LogP contribution in [0.1, 0.15) is 39.5 Å². The lowest BCUT2D eigenvalue weighted by Gasteiger charge is -2.46. The number of amides is 2. The van der Waals surface area contributed by atoms with E-state index in [0.717, 1.165) is 12.8 Å². The van der Waals surface area contributed by atoms with Gasteiger partial charge >= 0.3 is 0 Å². The summed E-state index contributed by atoms with van der Waals surface area (Å²) in [6.07, 6.45) is 4.43. The van der Waals surface area contributed by atoms with E-state index in [2.05, 4.69) is 4.99 Å². The van der Waals surface area contributed by atoms with Gasteiger partial charge in [-0.3, -0.25) is 9.59 Å². The zero-order valence-corrected chi connectivity index (χ0v) is 12.3. The molecule has 2 amide bonds. The maximum atomic E-state index is 12.5. The summed E-state index contributed by atoms with van der Waals surface area (Å²) < 4.78 is 0. The second-order valence-electron chi connectivity index (χ2n) is 5.20. The summed E-state index contributed by atoms with van der Waals surface area (Å²) in [6.45, 7) is 3.92. The standard InChI is InChI=1S/C16H18N2O3/c1-3-5-10-16(4-2)14(20)18(15(16)21)13-8-6-12(7-9-13)17-11-19/h6-9H,3-5,10H2,1-2H3. The van der Waals surface area contributed by atoms with Gasteiger partial charge in [-0.05, 0) is 37.1 Å². The first-order valence-corrected chi connectivity index (χ1v) is 7.17. The van der Waals surface area contributed by atoms with E-state index in [9.17, 15) is 14.4 Å². The molecule has 0 aliphatic carbocycles. The van der Waals surface area contributed by atoms with Crippen molar-refractivity contribution >= 4 is 29.3 Å². The van der Waals surface area contributed by atoms with Crippen LogP contribution in [0.15, 0.2) is 29.3 Å². The highest BCUT2D eigenvalue weighted by Crippen LogP contribution is 2.44. The Kier molecular flexibility index (Phi) is 4.34. The van der Waals surface area contributed by atoms with Gasteiger partial charge in [0.25, 0.3) is 0 Å². The summed E-state index contributed by atoms with van der Waals surface area (Å²) in [5.74, 6) is -0.259. The molecular weight excluding hydrogens is 268 g/mol. The number of rotatable bonds is 6. The monoisotopic (exact) mass is 286 g/mol. The van der Waals surface area contributed by atoms with Crippen molar-refractivity contribution < 1.29 is 14.4 Å². The Bertz CT molecular complexity index is 584. The van der Waals surface area contributed by atoms with E-state index in [1.54, 1.807) is 24.3 Å². The maximum Gasteiger partial charge on any atom is 0.249 e. The van der Waals surface area contributed by atoms with Crippen molar-refractivity contribution in [3.05, 3.63) is 24.3 Å². The third kappa shape index (κ3) is 2.41. The number of aliphatic imine (C=N–C) groups is 1. The molecule has 2 rings (SSSR count). The summed E-state index contributed by atoms with van der Waals surface area (Å²) in [7, 11) is 0. The molecule has 0 unspecified atom stereocenters. The molecule has 5 nitrogen and oxygen atoms in total. The van der Waals surface area contributed by atoms with Crippen LogP contribution in [0.4, 0.5) is 11.4 Å². The molecule has 0 radical (unpaired) electrons. The molecule has 0 atom stereocenters. The van der Waals surface area contributed by atoms with E-state index in [0.29, 0.717) is 24.2 Å². The molecule has 1 aromatic rings. The fraction of sp³-hybridized carbons (Fsp3) is 0.438. The average molecular weight is 286 g/mol. The molecule has 0 aromatic heterocycles. The third-order valence-electron chi connectivity index (χ3n) is 4.07. The van der Waals surface area contributed by atoms with Gasteiger partial charge < -0.3 is 0 Å². The third-order valence-corrected chi connectivity index (χ3v) is 4.07. The minimum atomic E-state index is -0.838. The Labute approximate surface area is 123 Å². The molecule has 1 heterocycles. The van der Waals surface area contributed by atoms with E-state index in [-0.39, 0.29) is 11.8 Å². The Morgan fingerprint density at radius 1 is 1.14 bits per heavy atom. The van der Waals surface area contributed by atoms with Crippen molar-refractivity contribution in [1.82, 2.24) is 0 Å². The van der Waals surface area contributed by atoms with Gasteiger partial charge in [0, 0.05) is 0 Å². The van der Waals surface area contributed by atoms with Gasteiger partial charge in [-0.15, -0.1) is 0 Å². The van der Waals surface area contributed by atoms with Crippen molar-refractivity contribution in [2.75, 3.05) is 4.90 Å². The second kappa shape index (κ2) is 6.02. The molecule has 1 aliphatic rings. The Morgan fingerprint density at radius 2 is 1.76 bits per heavy atom. The molecule has 21 heavy (non-hydrogen) atoms. The lowest BCUT2D eigenvalue weighted by atomic mass is 9.71. The highest BCUT2D eigenvalue weighted by atomic mass is 16.2. The van der Waals surface area contributed by atoms with E-state index in [4.69, 9.17) is 0 Å². The average Bonchev–Trinajstić information content (AvgIpc) is 2.50. The predicted molar refractivity (Wildman–Crippen MR) is 79.0 cm³/mol. The Morgan fingerprint density at radius 3 is 2.24 bits per heavy atom. The number of isocyanates is 1. The number of carbonyl (C=O) groups is 2. The van der Waals surface area contributed by atoms with E-state index in [1.807, 2.05) is 13.8 Å². The molecule has 1 aromatic carbocycles. The quantitative estimate of drug-likeness (QED) is 0.349. The number of unbranched alkanes of at least 4 members (excludes halogenated alkanes) is 1. The molecular formula is C16H18N2O3. The maximum absolute atomic E-state index is 12.5. The fourth-order valence-electron chi connectivity index (χ4n) is 2.69. The number of hydrogen-bond donors (Lipinski definition) is 0. The number of β-lactam (4-membered cyclic amide) rings is 2. The van der Waals surface area contributed by atoms with Gasteiger partial charge in [-0.2, -0.15) is 4.99 Å². The van der Waals surface area contributed by atoms with Crippen molar-refractivity contribution in [1.29, 1.82) is 0 Å². The molecule has 5 heteroatoms. The lowest BCUT2D eigenvalue weighted by molar-refractivity contribution is -0.153. The predicted octanol–water partition coefficient (Wildman–Crippen LogP) is 3.11. The molecule has 0 spiro atoms. The first-order chi connectivity index (χ1) is 10.1. The highest BCUT2D eigenvalue weighted by Gasteiger charge is 2.59. The van der Waals surface area contributed by atoms with Crippen LogP contribution in [0.25, 0.3) is 0 Å². The van der Waals surface area contributed by atoms with Gasteiger partial charge in [0.2, 0.25) is 17.9 Å². The molecule has 0 bridgehead atoms. The van der Waals surface area contributed by atoms with Crippen LogP contribution < -0.4 is 4.90 Å². The van der Waals surface area contributed by atoms with E-state index in [1.165, 1.54) is 11.0 Å². The van der Waals surface area contributed by atoms with Gasteiger partial charge in [0.1, 0.15) is 5.41 Å². The van der Waals surface area contributed by atoms with Crippen LogP contribution in [0.5, 0.6) is 0 Å². The number of carbonyl (C=O) groups excluding carboxylic acids is 3. The Balaban J connectivity index is 2.21. The van der Waals surface area contributed by atoms with Crippen molar-refractivity contribution in [2.45, 2.75) is 39.5 Å². The largest absolute Gasteiger partial charge is 0.273 e. The topological polar surface area (TPSA) is 66.8 Å². The van der Waals surface area contributed by atoms with Crippen LogP contribution in [0, 0.1) is 5.41 Å². The summed E-state index contributed by atoms with van der Waals surface area (Å²) in [6, 6.07) is 6.40. The first-order valence-electron chi connectivity index (χ1n) is 7.17. The smallest absolute Gasteiger partial charge is 0.249 e. The van der Waals surface area contributed by atoms with Gasteiger partial charge in [0.15, 0.2) is 0 Å². The summed E-state index contributed by atoms with van der Waals surface area (Å²) >= 11 is 0. The van der Waals surface area contributed by atoms with Crippen molar-refractivity contribution in [3.8, 4) is 0 Å². The van der Waals surface area contributed by atoms with Gasteiger partial charge in [-0.25, -0.2) is 9.69 Å². The molecule has 110 valence electrons. The highest BCUT2D eigenvalue weighted by molar-refractivity contribution is 6.36. The van der Waals surface area contributed by atoms with Crippen LogP contribution in [0.3, 0.4) is 0 Å². The minimum Gasteiger partial charge on any atom is -0.273 e. The SMILES string of the molecule is CCCCC1(CC)C(=O)N(c2ccc(N=C=O)cc2)C1=O. The van der Waals surface area contributed by atoms with Crippen LogP contribution >= 0.6 is 0 Å². The van der Waals surface area contributed by atoms with Crippen molar-refractivity contribution in [2.24, 2.45) is 10.4 Å². The number of anilines is 1. The van der Waals surface area contributed by atoms with Crippen molar-refractivity contribution in [3.63, 3.8) is 0 Å². The first kappa shape index (κ1) is 15.1. The minimum absolute atomic E-state index is 0.130. The number of hydrogen-bond acceptors (Lipinski definition) is 4. The summed E-state index contributed by atoms with van der Waals surface area (Å²) in [5, 5.41) is 0. The lowest BCUT2D eigenvalue weighted by Crippen LogP contribution is -2.66. The van der Waals surface area contributed by atoms with Crippen LogP contribution in [-0.4, -0.2) is 17.9 Å². The zero-order chi connectivity index (χ0) is 15.5. The number of benzene rings is 1. The van der Waals surface area contributed by atoms with Crippen LogP contribution in [-0.2, 0) is 14.4 Å². The fourth-order valence-corrected chi connectivity index (χ4v) is 2.69. The normalized spacial score (nSPS) is 16.4. The molecule has 1 fully saturated rings. The van der Waals surface area contributed by atoms with E-state index >= 15 is 0 Å². The summed E-state index contributed by atoms with van der Waals surface area (Å²) in [5.41, 5.74) is 0.132. The summed E-state index contributed by atoms with van der Waals surface area (Å²) in [4.78, 5) is 39.8. The number of nitrogens with zero attached hydrogens (tertiary/aromatic N) is 2. The van der Waals surface area contributed by atoms with Gasteiger partial charge in [0.05, 0.1) is 11.4 Å². The zero-order valence-electron chi connectivity index (χ0n) is 12.3. The molecule has 0 saturated carbocycles. The van der Waals surface area contributed by atoms with E-state index < -0.39 is 5.41 Å². The van der Waals surface area contributed by atoms with Gasteiger partial charge in [-0.1, -0.05) is 26.7 Å². The molecule has 0 N–H and O–H groups in total. The molecule has 1 saturated heterocycles. The number of imide groups is 1. The Hall–Kier alpha value is -2.26. The second-order valence-corrected chi connectivity index (χ2v) is 5.20. The van der Waals surface area contributed by atoms with Crippen LogP contribution in [0.2, 0.25) is 0 Å².